The van der Waals surface area contributed by atoms with E-state index in [1.54, 1.807) is 0 Å². The van der Waals surface area contributed by atoms with Gasteiger partial charge in [0, 0.05) is 12.6 Å². The van der Waals surface area contributed by atoms with Crippen molar-refractivity contribution in [3.63, 3.8) is 0 Å². The monoisotopic (exact) mass is 340 g/mol. The van der Waals surface area contributed by atoms with Gasteiger partial charge in [0.05, 0.1) is 10.0 Å². The first-order chi connectivity index (χ1) is 9.42. The number of rotatable bonds is 5. The molecule has 112 valence electrons. The van der Waals surface area contributed by atoms with Gasteiger partial charge in [-0.2, -0.15) is 0 Å². The number of benzene rings is 1. The predicted octanol–water partition coefficient (Wildman–Crippen LogP) is 2.55. The van der Waals surface area contributed by atoms with Crippen molar-refractivity contribution in [1.29, 1.82) is 0 Å². The molecule has 0 aromatic heterocycles. The Morgan fingerprint density at radius 3 is 2.80 bits per heavy atom. The minimum Gasteiger partial charge on any atom is -0.314 e. The Morgan fingerprint density at radius 1 is 1.40 bits per heavy atom. The lowest BCUT2D eigenvalue weighted by molar-refractivity contribution is 0.539. The van der Waals surface area contributed by atoms with E-state index in [0.29, 0.717) is 12.5 Å². The van der Waals surface area contributed by atoms with Gasteiger partial charge in [-0.1, -0.05) is 23.2 Å². The average Bonchev–Trinajstić information content (AvgIpc) is 2.88. The summed E-state index contributed by atoms with van der Waals surface area (Å²) in [5, 5.41) is 2.59. The zero-order chi connectivity index (χ0) is 14.8. The molecule has 0 saturated carbocycles. The highest BCUT2D eigenvalue weighted by atomic mass is 35.5. The van der Waals surface area contributed by atoms with Gasteiger partial charge in [0.25, 0.3) is 0 Å². The molecule has 2 rings (SSSR count). The molecule has 1 atom stereocenters. The first kappa shape index (κ1) is 16.0. The number of hydrogen-bond donors (Lipinski definition) is 2. The fourth-order valence-corrected chi connectivity index (χ4v) is 3.95. The average molecular weight is 341 g/mol. The fraction of sp³-hybridized carbons (Fsp3) is 0.500. The van der Waals surface area contributed by atoms with Crippen LogP contribution in [0.2, 0.25) is 10.0 Å². The third-order valence-corrected chi connectivity index (χ3v) is 5.51. The van der Waals surface area contributed by atoms with Crippen LogP contribution in [0.25, 0.3) is 0 Å². The number of sulfonamides is 1. The molecule has 1 fully saturated rings. The largest absolute Gasteiger partial charge is 0.314 e. The Morgan fingerprint density at radius 2 is 2.15 bits per heavy atom. The first-order valence-corrected chi connectivity index (χ1v) is 8.52. The molecular formula is C12H15Cl2FN2O2S. The molecule has 1 saturated heterocycles. The second-order valence-electron chi connectivity index (χ2n) is 4.65. The van der Waals surface area contributed by atoms with Crippen molar-refractivity contribution in [2.24, 2.45) is 0 Å². The van der Waals surface area contributed by atoms with Gasteiger partial charge in [-0.25, -0.2) is 17.5 Å². The molecular weight excluding hydrogens is 326 g/mol. The van der Waals surface area contributed by atoms with E-state index in [4.69, 9.17) is 23.2 Å². The zero-order valence-electron chi connectivity index (χ0n) is 10.6. The second-order valence-corrected chi connectivity index (χ2v) is 7.17. The summed E-state index contributed by atoms with van der Waals surface area (Å²) in [4.78, 5) is -0.291. The van der Waals surface area contributed by atoms with Gasteiger partial charge in [0.1, 0.15) is 4.90 Å². The fourth-order valence-electron chi connectivity index (χ4n) is 2.16. The van der Waals surface area contributed by atoms with E-state index < -0.39 is 20.9 Å². The van der Waals surface area contributed by atoms with E-state index in [9.17, 15) is 12.8 Å². The highest BCUT2D eigenvalue weighted by Crippen LogP contribution is 2.29. The summed E-state index contributed by atoms with van der Waals surface area (Å²) in [6, 6.07) is 2.70. The summed E-state index contributed by atoms with van der Waals surface area (Å²) in [5.74, 6) is -0.923. The Kier molecular flexibility index (Phi) is 5.25. The molecule has 1 aliphatic heterocycles. The second kappa shape index (κ2) is 6.58. The molecule has 1 aromatic rings. The molecule has 0 aliphatic carbocycles. The minimum atomic E-state index is -3.83. The van der Waals surface area contributed by atoms with Crippen LogP contribution in [0.15, 0.2) is 17.0 Å². The molecule has 4 nitrogen and oxygen atoms in total. The minimum absolute atomic E-state index is 0.205. The zero-order valence-corrected chi connectivity index (χ0v) is 13.0. The Bertz CT molecular complexity index is 589. The smallest absolute Gasteiger partial charge is 0.242 e. The third kappa shape index (κ3) is 3.62. The van der Waals surface area contributed by atoms with Crippen LogP contribution in [-0.2, 0) is 10.0 Å². The van der Waals surface area contributed by atoms with Crippen molar-refractivity contribution >= 4 is 33.2 Å². The van der Waals surface area contributed by atoms with Crippen molar-refractivity contribution < 1.29 is 12.8 Å². The van der Waals surface area contributed by atoms with Crippen molar-refractivity contribution in [3.05, 3.63) is 28.0 Å². The van der Waals surface area contributed by atoms with Gasteiger partial charge in [-0.3, -0.25) is 0 Å². The van der Waals surface area contributed by atoms with Crippen molar-refractivity contribution in [2.75, 3.05) is 13.1 Å². The van der Waals surface area contributed by atoms with Crippen LogP contribution in [0.1, 0.15) is 19.3 Å². The summed E-state index contributed by atoms with van der Waals surface area (Å²) in [6.45, 7) is 1.24. The summed E-state index contributed by atoms with van der Waals surface area (Å²) >= 11 is 11.2. The number of nitrogens with one attached hydrogen (secondary N) is 2. The maximum atomic E-state index is 13.5. The Labute approximate surface area is 127 Å². The Hall–Kier alpha value is -0.400. The number of hydrogen-bond acceptors (Lipinski definition) is 3. The Balaban J connectivity index is 2.04. The van der Waals surface area contributed by atoms with Gasteiger partial charge in [-0.05, 0) is 37.9 Å². The van der Waals surface area contributed by atoms with Gasteiger partial charge in [0.2, 0.25) is 10.0 Å². The standard InChI is InChI=1S/C12H15Cl2FN2O2S/c13-9-3-4-10(11(14)12(9)15)20(18,19)17-7-5-8-2-1-6-16-8/h3-4,8,16-17H,1-2,5-7H2/t8-/m0/s1. The van der Waals surface area contributed by atoms with E-state index in [0.717, 1.165) is 19.4 Å². The summed E-state index contributed by atoms with van der Waals surface area (Å²) in [7, 11) is -3.83. The van der Waals surface area contributed by atoms with Gasteiger partial charge >= 0.3 is 0 Å². The van der Waals surface area contributed by atoms with Crippen LogP contribution in [0.4, 0.5) is 4.39 Å². The molecule has 0 amide bonds. The van der Waals surface area contributed by atoms with Gasteiger partial charge in [0.15, 0.2) is 5.82 Å². The van der Waals surface area contributed by atoms with E-state index in [1.165, 1.54) is 12.1 Å². The molecule has 20 heavy (non-hydrogen) atoms. The molecule has 1 heterocycles. The first-order valence-electron chi connectivity index (χ1n) is 6.28. The lowest BCUT2D eigenvalue weighted by atomic mass is 10.2. The van der Waals surface area contributed by atoms with E-state index in [-0.39, 0.29) is 16.5 Å². The van der Waals surface area contributed by atoms with Crippen LogP contribution in [0, 0.1) is 5.82 Å². The van der Waals surface area contributed by atoms with E-state index >= 15 is 0 Å². The summed E-state index contributed by atoms with van der Waals surface area (Å²) in [6.07, 6.45) is 2.83. The molecule has 1 aliphatic rings. The quantitative estimate of drug-likeness (QED) is 0.810. The summed E-state index contributed by atoms with van der Waals surface area (Å²) < 4.78 is 40.1. The lowest BCUT2D eigenvalue weighted by Crippen LogP contribution is -2.30. The maximum absolute atomic E-state index is 13.5. The molecule has 0 spiro atoms. The lowest BCUT2D eigenvalue weighted by Gasteiger charge is -2.12. The molecule has 0 bridgehead atoms. The van der Waals surface area contributed by atoms with Crippen LogP contribution in [0.5, 0.6) is 0 Å². The van der Waals surface area contributed by atoms with Crippen LogP contribution < -0.4 is 10.0 Å². The highest BCUT2D eigenvalue weighted by Gasteiger charge is 2.22. The van der Waals surface area contributed by atoms with Gasteiger partial charge < -0.3 is 5.32 Å². The van der Waals surface area contributed by atoms with Crippen molar-refractivity contribution in [3.8, 4) is 0 Å². The highest BCUT2D eigenvalue weighted by molar-refractivity contribution is 7.89. The van der Waals surface area contributed by atoms with Crippen molar-refractivity contribution in [2.45, 2.75) is 30.2 Å². The van der Waals surface area contributed by atoms with Crippen LogP contribution in [0.3, 0.4) is 0 Å². The molecule has 1 aromatic carbocycles. The number of halogens is 3. The molecule has 0 radical (unpaired) electrons. The topological polar surface area (TPSA) is 58.2 Å². The van der Waals surface area contributed by atoms with Crippen LogP contribution >= 0.6 is 23.2 Å². The predicted molar refractivity (Wildman–Crippen MR) is 77.3 cm³/mol. The third-order valence-electron chi connectivity index (χ3n) is 3.24. The van der Waals surface area contributed by atoms with Crippen LogP contribution in [-0.4, -0.2) is 27.5 Å². The maximum Gasteiger partial charge on any atom is 0.242 e. The molecule has 2 N–H and O–H groups in total. The van der Waals surface area contributed by atoms with Gasteiger partial charge in [-0.15, -0.1) is 0 Å². The molecule has 0 unspecified atom stereocenters. The normalized spacial score (nSPS) is 19.4. The van der Waals surface area contributed by atoms with E-state index in [1.807, 2.05) is 0 Å². The SMILES string of the molecule is O=S(=O)(NCC[C@@H]1CCCN1)c1ccc(Cl)c(F)c1Cl. The van der Waals surface area contributed by atoms with Crippen molar-refractivity contribution in [1.82, 2.24) is 10.0 Å². The van der Waals surface area contributed by atoms with E-state index in [2.05, 4.69) is 10.0 Å². The molecule has 8 heteroatoms. The summed E-state index contributed by atoms with van der Waals surface area (Å²) in [5.41, 5.74) is 0.